The van der Waals surface area contributed by atoms with Gasteiger partial charge in [0.25, 0.3) is 0 Å². The molecule has 0 saturated heterocycles. The summed E-state index contributed by atoms with van der Waals surface area (Å²) in [6, 6.07) is 0. The Bertz CT molecular complexity index is 285. The Morgan fingerprint density at radius 2 is 2.00 bits per heavy atom. The number of methoxy groups -OCH3 is 1. The summed E-state index contributed by atoms with van der Waals surface area (Å²) >= 11 is 0. The minimum Gasteiger partial charge on any atom is -0.480 e. The second-order valence-electron chi connectivity index (χ2n) is 2.30. The summed E-state index contributed by atoms with van der Waals surface area (Å²) in [5, 5.41) is 0. The molecule has 16 heavy (non-hydrogen) atoms. The number of hydrogen-bond acceptors (Lipinski definition) is 5. The van der Waals surface area contributed by atoms with E-state index >= 15 is 0 Å². The number of aromatic nitrogens is 2. The van der Waals surface area contributed by atoms with Crippen molar-refractivity contribution >= 4 is 13.5 Å². The molecular formula is C10H21N3O2S. The van der Waals surface area contributed by atoms with E-state index in [1.54, 1.807) is 0 Å². The Hall–Kier alpha value is -1.01. The monoisotopic (exact) mass is 247 g/mol. The topological polar surface area (TPSA) is 70.3 Å². The van der Waals surface area contributed by atoms with E-state index in [4.69, 9.17) is 15.2 Å². The van der Waals surface area contributed by atoms with Crippen LogP contribution in [0.15, 0.2) is 6.20 Å². The van der Waals surface area contributed by atoms with Gasteiger partial charge >= 0.3 is 0 Å². The minimum absolute atomic E-state index is 0. The predicted molar refractivity (Wildman–Crippen MR) is 69.4 cm³/mol. The van der Waals surface area contributed by atoms with Crippen LogP contribution in [0, 0.1) is 0 Å². The molecule has 0 fully saturated rings. The second-order valence-corrected chi connectivity index (χ2v) is 2.30. The van der Waals surface area contributed by atoms with Gasteiger partial charge in [-0.3, -0.25) is 0 Å². The van der Waals surface area contributed by atoms with Crippen LogP contribution in [0.2, 0.25) is 0 Å². The van der Waals surface area contributed by atoms with Crippen molar-refractivity contribution in [1.82, 2.24) is 9.97 Å². The van der Waals surface area contributed by atoms with Crippen LogP contribution >= 0.6 is 13.5 Å². The quantitative estimate of drug-likeness (QED) is 0.872. The normalized spacial score (nSPS) is 8.31. The number of ether oxygens (including phenoxy) is 2. The molecule has 94 valence electrons. The molecule has 1 heterocycles. The average Bonchev–Trinajstić information content (AvgIpc) is 2.32. The van der Waals surface area contributed by atoms with E-state index in [9.17, 15) is 0 Å². The van der Waals surface area contributed by atoms with E-state index < -0.39 is 0 Å². The fourth-order valence-corrected chi connectivity index (χ4v) is 0.872. The van der Waals surface area contributed by atoms with Crippen LogP contribution in [-0.2, 0) is 6.54 Å². The molecule has 5 nitrogen and oxygen atoms in total. The van der Waals surface area contributed by atoms with Crippen molar-refractivity contribution in [2.75, 3.05) is 13.7 Å². The molecule has 0 aliphatic heterocycles. The largest absolute Gasteiger partial charge is 0.480 e. The summed E-state index contributed by atoms with van der Waals surface area (Å²) in [4.78, 5) is 8.11. The van der Waals surface area contributed by atoms with Gasteiger partial charge in [-0.1, -0.05) is 13.8 Å². The predicted octanol–water partition coefficient (Wildman–Crippen LogP) is 1.48. The molecule has 6 heteroatoms. The fraction of sp³-hybridized carbons (Fsp3) is 0.600. The first-order valence-electron chi connectivity index (χ1n) is 5.04. The summed E-state index contributed by atoms with van der Waals surface area (Å²) in [6.07, 6.45) is 1.52. The van der Waals surface area contributed by atoms with Crippen LogP contribution in [0.25, 0.3) is 0 Å². The summed E-state index contributed by atoms with van der Waals surface area (Å²) in [6.45, 7) is 6.72. The van der Waals surface area contributed by atoms with Crippen molar-refractivity contribution in [1.29, 1.82) is 0 Å². The lowest BCUT2D eigenvalue weighted by Gasteiger charge is -2.07. The van der Waals surface area contributed by atoms with Crippen LogP contribution in [0.5, 0.6) is 11.8 Å². The Balaban J connectivity index is 0. The third kappa shape index (κ3) is 5.18. The van der Waals surface area contributed by atoms with Gasteiger partial charge in [0.15, 0.2) is 0 Å². The lowest BCUT2D eigenvalue weighted by atomic mass is 10.4. The second kappa shape index (κ2) is 10.5. The van der Waals surface area contributed by atoms with Gasteiger partial charge in [0.2, 0.25) is 11.8 Å². The first-order valence-corrected chi connectivity index (χ1v) is 5.04. The molecule has 1 rings (SSSR count). The van der Waals surface area contributed by atoms with Gasteiger partial charge in [-0.15, -0.1) is 0 Å². The summed E-state index contributed by atoms with van der Waals surface area (Å²) in [5.74, 6) is 0.880. The lowest BCUT2D eigenvalue weighted by Crippen LogP contribution is -2.07. The molecule has 1 aromatic rings. The van der Waals surface area contributed by atoms with E-state index in [1.165, 1.54) is 13.3 Å². The van der Waals surface area contributed by atoms with E-state index in [1.807, 2.05) is 20.8 Å². The highest BCUT2D eigenvalue weighted by Crippen LogP contribution is 2.16. The van der Waals surface area contributed by atoms with Crippen LogP contribution in [-0.4, -0.2) is 23.7 Å². The van der Waals surface area contributed by atoms with E-state index in [2.05, 4.69) is 9.97 Å². The third-order valence-corrected chi connectivity index (χ3v) is 1.47. The molecule has 0 aliphatic rings. The molecule has 0 bridgehead atoms. The zero-order valence-corrected chi connectivity index (χ0v) is 11.3. The van der Waals surface area contributed by atoms with Gasteiger partial charge in [0, 0.05) is 6.54 Å². The van der Waals surface area contributed by atoms with Crippen LogP contribution in [0.4, 0.5) is 0 Å². The molecule has 0 aromatic carbocycles. The van der Waals surface area contributed by atoms with Crippen molar-refractivity contribution in [2.24, 2.45) is 5.73 Å². The minimum atomic E-state index is 0. The molecule has 1 aromatic heterocycles. The molecule has 0 unspecified atom stereocenters. The maximum atomic E-state index is 5.45. The summed E-state index contributed by atoms with van der Waals surface area (Å²) in [5.41, 5.74) is 6.09. The molecule has 0 atom stereocenters. The van der Waals surface area contributed by atoms with E-state index in [-0.39, 0.29) is 13.5 Å². The first kappa shape index (κ1) is 17.4. The Labute approximate surface area is 104 Å². The first-order chi connectivity index (χ1) is 7.31. The molecule has 0 aliphatic carbocycles. The van der Waals surface area contributed by atoms with Crippen molar-refractivity contribution in [3.8, 4) is 11.8 Å². The van der Waals surface area contributed by atoms with Gasteiger partial charge in [0.1, 0.15) is 5.69 Å². The Morgan fingerprint density at radius 1 is 1.38 bits per heavy atom. The lowest BCUT2D eigenvalue weighted by molar-refractivity contribution is 0.309. The van der Waals surface area contributed by atoms with Crippen molar-refractivity contribution in [2.45, 2.75) is 27.3 Å². The van der Waals surface area contributed by atoms with Gasteiger partial charge in [0.05, 0.1) is 19.9 Å². The SMILES string of the molecule is CC.CCOc1nc(OC)cnc1CN.S. The van der Waals surface area contributed by atoms with Crippen molar-refractivity contribution in [3.05, 3.63) is 11.9 Å². The maximum absolute atomic E-state index is 5.45. The average molecular weight is 247 g/mol. The molecule has 0 radical (unpaired) electrons. The summed E-state index contributed by atoms with van der Waals surface area (Å²) < 4.78 is 10.1. The number of nitrogens with zero attached hydrogens (tertiary/aromatic N) is 2. The standard InChI is InChI=1S/C8H13N3O2.C2H6.H2S/c1-3-13-8-6(4-9)10-5-7(11-8)12-2;1-2;/h5H,3-4,9H2,1-2H3;1-2H3;1H2. The fourth-order valence-electron chi connectivity index (χ4n) is 0.872. The zero-order valence-electron chi connectivity index (χ0n) is 10.3. The summed E-state index contributed by atoms with van der Waals surface area (Å²) in [7, 11) is 1.53. The van der Waals surface area contributed by atoms with E-state index in [0.717, 1.165) is 0 Å². The smallest absolute Gasteiger partial charge is 0.240 e. The highest BCUT2D eigenvalue weighted by atomic mass is 32.1. The molecular weight excluding hydrogens is 226 g/mol. The van der Waals surface area contributed by atoms with Gasteiger partial charge in [-0.2, -0.15) is 18.5 Å². The van der Waals surface area contributed by atoms with Crippen molar-refractivity contribution < 1.29 is 9.47 Å². The highest BCUT2D eigenvalue weighted by Gasteiger charge is 2.06. The van der Waals surface area contributed by atoms with Crippen LogP contribution < -0.4 is 15.2 Å². The Kier molecular flexibility index (Phi) is 11.4. The van der Waals surface area contributed by atoms with Crippen LogP contribution in [0.3, 0.4) is 0 Å². The van der Waals surface area contributed by atoms with Crippen LogP contribution in [0.1, 0.15) is 26.5 Å². The zero-order chi connectivity index (χ0) is 11.7. The molecule has 0 saturated carbocycles. The maximum Gasteiger partial charge on any atom is 0.240 e. The van der Waals surface area contributed by atoms with E-state index in [0.29, 0.717) is 30.6 Å². The number of rotatable bonds is 4. The molecule has 2 N–H and O–H groups in total. The Morgan fingerprint density at radius 3 is 2.44 bits per heavy atom. The van der Waals surface area contributed by atoms with Gasteiger partial charge in [-0.05, 0) is 6.92 Å². The third-order valence-electron chi connectivity index (χ3n) is 1.47. The molecule has 0 spiro atoms. The number of nitrogens with two attached hydrogens (primary N) is 1. The highest BCUT2D eigenvalue weighted by molar-refractivity contribution is 7.59. The van der Waals surface area contributed by atoms with Gasteiger partial charge in [-0.25, -0.2) is 4.98 Å². The molecule has 0 amide bonds. The van der Waals surface area contributed by atoms with Gasteiger partial charge < -0.3 is 15.2 Å². The number of hydrogen-bond donors (Lipinski definition) is 1. The van der Waals surface area contributed by atoms with Crippen molar-refractivity contribution in [3.63, 3.8) is 0 Å².